The summed E-state index contributed by atoms with van der Waals surface area (Å²) in [5.41, 5.74) is 1.25. The number of benzene rings is 3. The highest BCUT2D eigenvalue weighted by molar-refractivity contribution is 7.99. The molecule has 0 aliphatic rings. The average molecular weight is 516 g/mol. The third-order valence-corrected chi connectivity index (χ3v) is 7.53. The molecule has 3 aromatic rings. The van der Waals surface area contributed by atoms with Gasteiger partial charge in [-0.2, -0.15) is 0 Å². The van der Waals surface area contributed by atoms with Crippen molar-refractivity contribution in [1.29, 1.82) is 0 Å². The highest BCUT2D eigenvalue weighted by atomic mass is 35.5. The molecule has 0 aromatic heterocycles. The summed E-state index contributed by atoms with van der Waals surface area (Å²) in [5, 5.41) is 0.592. The summed E-state index contributed by atoms with van der Waals surface area (Å²) >= 11 is 7.70. The van der Waals surface area contributed by atoms with Gasteiger partial charge in [-0.1, -0.05) is 59.6 Å². The van der Waals surface area contributed by atoms with E-state index in [2.05, 4.69) is 4.72 Å². The topological polar surface area (TPSA) is 55.4 Å². The summed E-state index contributed by atoms with van der Waals surface area (Å²) in [6.07, 6.45) is 0. The SMILES string of the molecule is Cc1ccc(S(=O)N[C@@H](c2ccc(Cl)cc2)[C@@H](CSc2ccccc2)C(=O)OC(C)(C)C)cc1. The van der Waals surface area contributed by atoms with Crippen LogP contribution in [-0.4, -0.2) is 21.5 Å². The van der Waals surface area contributed by atoms with E-state index in [-0.39, 0.29) is 5.97 Å². The second kappa shape index (κ2) is 12.0. The minimum absolute atomic E-state index is 0.343. The van der Waals surface area contributed by atoms with Crippen LogP contribution in [-0.2, 0) is 20.5 Å². The van der Waals surface area contributed by atoms with Gasteiger partial charge in [-0.3, -0.25) is 4.79 Å². The lowest BCUT2D eigenvalue weighted by Crippen LogP contribution is -2.39. The number of aryl methyl sites for hydroxylation is 1. The van der Waals surface area contributed by atoms with Crippen molar-refractivity contribution in [2.75, 3.05) is 5.75 Å². The minimum atomic E-state index is -1.54. The van der Waals surface area contributed by atoms with E-state index >= 15 is 0 Å². The number of halogens is 1. The summed E-state index contributed by atoms with van der Waals surface area (Å²) in [6, 6.07) is 24.1. The van der Waals surface area contributed by atoms with Gasteiger partial charge in [-0.25, -0.2) is 8.93 Å². The lowest BCUT2D eigenvalue weighted by molar-refractivity contribution is -0.160. The Balaban J connectivity index is 1.96. The summed E-state index contributed by atoms with van der Waals surface area (Å²) in [5.74, 6) is -0.492. The van der Waals surface area contributed by atoms with Crippen LogP contribution in [0.5, 0.6) is 0 Å². The molecule has 0 aliphatic heterocycles. The van der Waals surface area contributed by atoms with Crippen molar-refractivity contribution >= 4 is 40.3 Å². The first-order chi connectivity index (χ1) is 16.1. The van der Waals surface area contributed by atoms with Gasteiger partial charge in [0.05, 0.1) is 16.9 Å². The first-order valence-corrected chi connectivity index (χ1v) is 13.5. The van der Waals surface area contributed by atoms with E-state index in [1.165, 1.54) is 0 Å². The molecule has 180 valence electrons. The van der Waals surface area contributed by atoms with Gasteiger partial charge in [0, 0.05) is 15.7 Å². The Kier molecular flexibility index (Phi) is 9.37. The number of hydrogen-bond donors (Lipinski definition) is 1. The quantitative estimate of drug-likeness (QED) is 0.253. The average Bonchev–Trinajstić information content (AvgIpc) is 2.79. The van der Waals surface area contributed by atoms with Gasteiger partial charge in [-0.15, -0.1) is 11.8 Å². The molecule has 0 bridgehead atoms. The van der Waals surface area contributed by atoms with Crippen LogP contribution in [0.1, 0.15) is 37.9 Å². The molecule has 0 aliphatic carbocycles. The van der Waals surface area contributed by atoms with Crippen LogP contribution in [0.3, 0.4) is 0 Å². The lowest BCUT2D eigenvalue weighted by Gasteiger charge is -2.30. The van der Waals surface area contributed by atoms with E-state index in [1.54, 1.807) is 23.9 Å². The van der Waals surface area contributed by atoms with Gasteiger partial charge < -0.3 is 4.74 Å². The largest absolute Gasteiger partial charge is 0.460 e. The highest BCUT2D eigenvalue weighted by Crippen LogP contribution is 2.32. The van der Waals surface area contributed by atoms with Gasteiger partial charge in [0.25, 0.3) is 0 Å². The molecule has 1 N–H and O–H groups in total. The van der Waals surface area contributed by atoms with Crippen LogP contribution < -0.4 is 4.72 Å². The van der Waals surface area contributed by atoms with Gasteiger partial charge in [0.2, 0.25) is 0 Å². The van der Waals surface area contributed by atoms with E-state index in [0.717, 1.165) is 16.0 Å². The fraction of sp³-hybridized carbons (Fsp3) is 0.296. The maximum atomic E-state index is 13.4. The van der Waals surface area contributed by atoms with E-state index in [1.807, 2.05) is 94.4 Å². The van der Waals surface area contributed by atoms with Crippen molar-refractivity contribution in [3.63, 3.8) is 0 Å². The van der Waals surface area contributed by atoms with Crippen LogP contribution in [0, 0.1) is 12.8 Å². The van der Waals surface area contributed by atoms with E-state index in [4.69, 9.17) is 16.3 Å². The predicted octanol–water partition coefficient (Wildman–Crippen LogP) is 6.75. The van der Waals surface area contributed by atoms with Crippen LogP contribution in [0.25, 0.3) is 0 Å². The number of thioether (sulfide) groups is 1. The summed E-state index contributed by atoms with van der Waals surface area (Å²) in [7, 11) is -1.54. The molecular weight excluding hydrogens is 486 g/mol. The molecule has 0 amide bonds. The smallest absolute Gasteiger partial charge is 0.312 e. The molecule has 0 radical (unpaired) electrons. The number of hydrogen-bond acceptors (Lipinski definition) is 4. The molecule has 0 spiro atoms. The Morgan fingerprint density at radius 1 is 1.00 bits per heavy atom. The molecule has 0 heterocycles. The van der Waals surface area contributed by atoms with E-state index < -0.39 is 28.5 Å². The zero-order valence-electron chi connectivity index (χ0n) is 19.8. The van der Waals surface area contributed by atoms with Crippen molar-refractivity contribution in [2.45, 2.75) is 49.1 Å². The van der Waals surface area contributed by atoms with Crippen molar-refractivity contribution in [1.82, 2.24) is 4.72 Å². The normalized spacial score (nSPS) is 14.3. The maximum Gasteiger partial charge on any atom is 0.312 e. The number of carbonyl (C=O) groups is 1. The number of carbonyl (C=O) groups excluding carboxylic acids is 1. The molecule has 3 rings (SSSR count). The minimum Gasteiger partial charge on any atom is -0.460 e. The Bertz CT molecular complexity index is 1100. The Morgan fingerprint density at radius 2 is 1.62 bits per heavy atom. The fourth-order valence-electron chi connectivity index (χ4n) is 3.28. The molecular formula is C27H30ClNO3S2. The third-order valence-electron chi connectivity index (χ3n) is 4.98. The van der Waals surface area contributed by atoms with E-state index in [9.17, 15) is 9.00 Å². The Hall–Kier alpha value is -2.12. The molecule has 3 aromatic carbocycles. The van der Waals surface area contributed by atoms with Gasteiger partial charge in [0.15, 0.2) is 0 Å². The first kappa shape index (κ1) is 26.5. The molecule has 3 atom stereocenters. The number of nitrogens with one attached hydrogen (secondary N) is 1. The molecule has 34 heavy (non-hydrogen) atoms. The van der Waals surface area contributed by atoms with Crippen molar-refractivity contribution in [3.8, 4) is 0 Å². The second-order valence-corrected chi connectivity index (χ2v) is 11.8. The molecule has 4 nitrogen and oxygen atoms in total. The second-order valence-electron chi connectivity index (χ2n) is 8.99. The van der Waals surface area contributed by atoms with Gasteiger partial charge in [-0.05, 0) is 69.7 Å². The van der Waals surface area contributed by atoms with Crippen LogP contribution in [0.2, 0.25) is 5.02 Å². The first-order valence-electron chi connectivity index (χ1n) is 11.0. The maximum absolute atomic E-state index is 13.4. The molecule has 0 saturated carbocycles. The van der Waals surface area contributed by atoms with Crippen molar-refractivity contribution < 1.29 is 13.7 Å². The zero-order valence-corrected chi connectivity index (χ0v) is 22.2. The molecule has 0 fully saturated rings. The third kappa shape index (κ3) is 7.98. The van der Waals surface area contributed by atoms with Crippen molar-refractivity contribution in [2.24, 2.45) is 5.92 Å². The Labute approximate surface area is 214 Å². The van der Waals surface area contributed by atoms with Crippen LogP contribution >= 0.6 is 23.4 Å². The zero-order chi connectivity index (χ0) is 24.7. The van der Waals surface area contributed by atoms with Crippen molar-refractivity contribution in [3.05, 3.63) is 95.0 Å². The monoisotopic (exact) mass is 515 g/mol. The van der Waals surface area contributed by atoms with Gasteiger partial charge >= 0.3 is 5.97 Å². The lowest BCUT2D eigenvalue weighted by atomic mass is 9.95. The van der Waals surface area contributed by atoms with Crippen LogP contribution in [0.15, 0.2) is 88.7 Å². The Morgan fingerprint density at radius 3 is 2.21 bits per heavy atom. The highest BCUT2D eigenvalue weighted by Gasteiger charge is 2.34. The van der Waals surface area contributed by atoms with E-state index in [0.29, 0.717) is 15.7 Å². The standard InChI is InChI=1S/C27H30ClNO3S2/c1-19-10-16-23(17-11-19)34(31)29-25(20-12-14-21(28)15-13-20)24(26(30)32-27(2,3)4)18-33-22-8-6-5-7-9-22/h5-17,24-25,29H,18H2,1-4H3/t24-,25+,34?/m1/s1. The number of ether oxygens (including phenoxy) is 1. The number of esters is 1. The molecule has 1 unspecified atom stereocenters. The number of rotatable bonds is 9. The fourth-order valence-corrected chi connectivity index (χ4v) is 5.50. The van der Waals surface area contributed by atoms with Gasteiger partial charge in [0.1, 0.15) is 16.6 Å². The summed E-state index contributed by atoms with van der Waals surface area (Å²) < 4.78 is 22.3. The van der Waals surface area contributed by atoms with Crippen LogP contribution in [0.4, 0.5) is 0 Å². The predicted molar refractivity (Wildman–Crippen MR) is 141 cm³/mol. The summed E-state index contributed by atoms with van der Waals surface area (Å²) in [4.78, 5) is 15.1. The summed E-state index contributed by atoms with van der Waals surface area (Å²) in [6.45, 7) is 7.53. The molecule has 0 saturated heterocycles. The molecule has 7 heteroatoms.